The van der Waals surface area contributed by atoms with Crippen LogP contribution >= 0.6 is 27.3 Å². The van der Waals surface area contributed by atoms with Gasteiger partial charge in [-0.05, 0) is 44.4 Å². The molecule has 0 aliphatic carbocycles. The summed E-state index contributed by atoms with van der Waals surface area (Å²) in [7, 11) is 0. The number of rotatable bonds is 2. The van der Waals surface area contributed by atoms with E-state index in [-0.39, 0.29) is 6.04 Å². The quantitative estimate of drug-likeness (QED) is 0.766. The highest BCUT2D eigenvalue weighted by molar-refractivity contribution is 9.10. The van der Waals surface area contributed by atoms with E-state index in [2.05, 4.69) is 33.4 Å². The number of hydrogen-bond donors (Lipinski definition) is 1. The van der Waals surface area contributed by atoms with Gasteiger partial charge in [0.2, 0.25) is 0 Å². The molecule has 0 saturated heterocycles. The molecule has 3 rings (SSSR count). The lowest BCUT2D eigenvalue weighted by Crippen LogP contribution is -2.10. The fourth-order valence-electron chi connectivity index (χ4n) is 1.91. The Bertz CT molecular complexity index is 658. The van der Waals surface area contributed by atoms with Gasteiger partial charge in [-0.15, -0.1) is 11.3 Å². The molecule has 0 aliphatic rings. The van der Waals surface area contributed by atoms with Crippen LogP contribution in [0.2, 0.25) is 0 Å². The van der Waals surface area contributed by atoms with Gasteiger partial charge in [-0.2, -0.15) is 0 Å². The molecule has 1 unspecified atom stereocenters. The van der Waals surface area contributed by atoms with Crippen molar-refractivity contribution in [3.8, 4) is 0 Å². The smallest absolute Gasteiger partial charge is 0.139 e. The summed E-state index contributed by atoms with van der Waals surface area (Å²) in [6, 6.07) is 9.91. The summed E-state index contributed by atoms with van der Waals surface area (Å²) < 4.78 is 7.60. The largest absolute Gasteiger partial charge is 0.466 e. The van der Waals surface area contributed by atoms with Gasteiger partial charge >= 0.3 is 0 Å². The Labute approximate surface area is 111 Å². The second kappa shape index (κ2) is 4.29. The summed E-state index contributed by atoms with van der Waals surface area (Å²) in [5.74, 6) is 0.772. The van der Waals surface area contributed by atoms with E-state index >= 15 is 0 Å². The van der Waals surface area contributed by atoms with Crippen LogP contribution in [-0.2, 0) is 0 Å². The third-order valence-corrected chi connectivity index (χ3v) is 4.41. The molecule has 0 radical (unpaired) electrons. The van der Waals surface area contributed by atoms with Crippen LogP contribution in [0.3, 0.4) is 0 Å². The fourth-order valence-corrected chi connectivity index (χ4v) is 3.35. The third kappa shape index (κ3) is 1.82. The third-order valence-electron chi connectivity index (χ3n) is 2.77. The van der Waals surface area contributed by atoms with Crippen molar-refractivity contribution in [2.75, 3.05) is 0 Å². The summed E-state index contributed by atoms with van der Waals surface area (Å²) in [6.07, 6.45) is 1.65. The van der Waals surface area contributed by atoms with Crippen LogP contribution in [0.5, 0.6) is 0 Å². The number of benzene rings is 1. The van der Waals surface area contributed by atoms with Crippen LogP contribution in [-0.4, -0.2) is 0 Å². The topological polar surface area (TPSA) is 39.2 Å². The summed E-state index contributed by atoms with van der Waals surface area (Å²) in [6.45, 7) is 0. The van der Waals surface area contributed by atoms with Gasteiger partial charge in [-0.25, -0.2) is 0 Å². The van der Waals surface area contributed by atoms with Gasteiger partial charge in [0.05, 0.1) is 16.8 Å². The predicted molar refractivity (Wildman–Crippen MR) is 74.3 cm³/mol. The number of furan rings is 1. The number of fused-ring (bicyclic) bond motifs is 1. The van der Waals surface area contributed by atoms with Gasteiger partial charge in [-0.1, -0.05) is 18.2 Å². The molecule has 0 amide bonds. The minimum absolute atomic E-state index is 0.226. The minimum atomic E-state index is -0.226. The molecule has 0 bridgehead atoms. The second-order valence-corrected chi connectivity index (χ2v) is 5.56. The lowest BCUT2D eigenvalue weighted by Gasteiger charge is -2.08. The molecule has 0 fully saturated rings. The van der Waals surface area contributed by atoms with E-state index in [1.54, 1.807) is 17.6 Å². The van der Waals surface area contributed by atoms with Crippen LogP contribution in [0.1, 0.15) is 17.4 Å². The first-order chi connectivity index (χ1) is 8.27. The molecule has 0 spiro atoms. The maximum Gasteiger partial charge on any atom is 0.139 e. The van der Waals surface area contributed by atoms with E-state index in [0.717, 1.165) is 15.8 Å². The van der Waals surface area contributed by atoms with E-state index < -0.39 is 0 Å². The van der Waals surface area contributed by atoms with E-state index in [1.165, 1.54) is 10.1 Å². The molecule has 0 saturated carbocycles. The summed E-state index contributed by atoms with van der Waals surface area (Å²) >= 11 is 5.15. The van der Waals surface area contributed by atoms with Crippen molar-refractivity contribution in [1.29, 1.82) is 0 Å². The molecule has 3 aromatic rings. The highest BCUT2D eigenvalue weighted by atomic mass is 79.9. The zero-order valence-corrected chi connectivity index (χ0v) is 11.3. The lowest BCUT2D eigenvalue weighted by atomic mass is 10.0. The molecular formula is C13H10BrNOS. The molecule has 2 N–H and O–H groups in total. The highest BCUT2D eigenvalue weighted by Crippen LogP contribution is 2.34. The monoisotopic (exact) mass is 307 g/mol. The predicted octanol–water partition coefficient (Wildman–Crippen LogP) is 4.30. The van der Waals surface area contributed by atoms with Crippen molar-refractivity contribution in [2.45, 2.75) is 6.04 Å². The van der Waals surface area contributed by atoms with Crippen LogP contribution in [0.15, 0.2) is 50.9 Å². The standard InChI is InChI=1S/C13H10BrNOS/c14-10-5-6-16-13(10)12(15)9-7-17-11-4-2-1-3-8(9)11/h1-7,12H,15H2. The first-order valence-electron chi connectivity index (χ1n) is 5.22. The average molecular weight is 308 g/mol. The van der Waals surface area contributed by atoms with Crippen LogP contribution in [0, 0.1) is 0 Å². The number of nitrogens with two attached hydrogens (primary N) is 1. The Morgan fingerprint density at radius 1 is 1.24 bits per heavy atom. The van der Waals surface area contributed by atoms with Gasteiger partial charge in [0, 0.05) is 4.70 Å². The van der Waals surface area contributed by atoms with Crippen molar-refractivity contribution in [3.05, 3.63) is 57.8 Å². The summed E-state index contributed by atoms with van der Waals surface area (Å²) in [4.78, 5) is 0. The van der Waals surface area contributed by atoms with E-state index in [9.17, 15) is 0 Å². The second-order valence-electron chi connectivity index (χ2n) is 3.80. The molecule has 1 aromatic carbocycles. The fraction of sp³-hybridized carbons (Fsp3) is 0.0769. The zero-order valence-electron chi connectivity index (χ0n) is 8.89. The molecule has 1 atom stereocenters. The Morgan fingerprint density at radius 3 is 2.82 bits per heavy atom. The number of hydrogen-bond acceptors (Lipinski definition) is 3. The van der Waals surface area contributed by atoms with E-state index in [0.29, 0.717) is 0 Å². The molecule has 0 aliphatic heterocycles. The number of halogens is 1. The minimum Gasteiger partial charge on any atom is -0.466 e. The Morgan fingerprint density at radius 2 is 2.06 bits per heavy atom. The van der Waals surface area contributed by atoms with E-state index in [4.69, 9.17) is 10.2 Å². The lowest BCUT2D eigenvalue weighted by molar-refractivity contribution is 0.488. The van der Waals surface area contributed by atoms with Crippen LogP contribution in [0.25, 0.3) is 10.1 Å². The van der Waals surface area contributed by atoms with Gasteiger partial charge in [-0.3, -0.25) is 0 Å². The van der Waals surface area contributed by atoms with Crippen molar-refractivity contribution < 1.29 is 4.42 Å². The molecule has 2 aromatic heterocycles. The molecular weight excluding hydrogens is 298 g/mol. The molecule has 17 heavy (non-hydrogen) atoms. The Hall–Kier alpha value is -1.10. The summed E-state index contributed by atoms with van der Waals surface area (Å²) in [5, 5.41) is 3.30. The van der Waals surface area contributed by atoms with Crippen molar-refractivity contribution in [3.63, 3.8) is 0 Å². The first kappa shape index (κ1) is 11.0. The zero-order chi connectivity index (χ0) is 11.8. The SMILES string of the molecule is NC(c1occc1Br)c1csc2ccccc12. The molecule has 86 valence electrons. The molecule has 2 nitrogen and oxygen atoms in total. The van der Waals surface area contributed by atoms with Gasteiger partial charge < -0.3 is 10.2 Å². The first-order valence-corrected chi connectivity index (χ1v) is 6.89. The van der Waals surface area contributed by atoms with Crippen molar-refractivity contribution in [1.82, 2.24) is 0 Å². The molecule has 4 heteroatoms. The normalized spacial score (nSPS) is 13.1. The van der Waals surface area contributed by atoms with E-state index in [1.807, 2.05) is 18.2 Å². The maximum absolute atomic E-state index is 6.26. The average Bonchev–Trinajstić information content (AvgIpc) is 2.94. The van der Waals surface area contributed by atoms with Crippen molar-refractivity contribution >= 4 is 37.4 Å². The number of thiophene rings is 1. The van der Waals surface area contributed by atoms with Crippen LogP contribution in [0.4, 0.5) is 0 Å². The maximum atomic E-state index is 6.26. The Balaban J connectivity index is 2.13. The van der Waals surface area contributed by atoms with Crippen LogP contribution < -0.4 is 5.73 Å². The van der Waals surface area contributed by atoms with Gasteiger partial charge in [0.25, 0.3) is 0 Å². The van der Waals surface area contributed by atoms with Crippen molar-refractivity contribution in [2.24, 2.45) is 5.73 Å². The van der Waals surface area contributed by atoms with Gasteiger partial charge in [0.1, 0.15) is 5.76 Å². The van der Waals surface area contributed by atoms with Gasteiger partial charge in [0.15, 0.2) is 0 Å². The summed E-state index contributed by atoms with van der Waals surface area (Å²) in [5.41, 5.74) is 7.37. The molecule has 2 heterocycles. The highest BCUT2D eigenvalue weighted by Gasteiger charge is 2.18. The Kier molecular flexibility index (Phi) is 2.78.